The number of aromatic nitrogens is 1. The van der Waals surface area contributed by atoms with Crippen LogP contribution in [0.4, 0.5) is 5.69 Å². The van der Waals surface area contributed by atoms with Crippen LogP contribution in [0.5, 0.6) is 0 Å². The third kappa shape index (κ3) is 3.36. The SMILES string of the molecule is C=CCOC(=O)c1cc([N+](=O)[O-])cc2nc(-c3ccc(Cl)cc3)oc12. The number of ether oxygens (including phenoxy) is 1. The van der Waals surface area contributed by atoms with Gasteiger partial charge >= 0.3 is 5.97 Å². The second kappa shape index (κ2) is 6.74. The summed E-state index contributed by atoms with van der Waals surface area (Å²) in [5.41, 5.74) is 0.566. The standard InChI is InChI=1S/C17H11ClN2O5/c1-2-7-24-17(21)13-8-12(20(22)23)9-14-15(13)25-16(19-14)10-3-5-11(18)6-4-10/h2-6,8-9H,1,7H2. The van der Waals surface area contributed by atoms with E-state index >= 15 is 0 Å². The van der Waals surface area contributed by atoms with Crippen LogP contribution in [0.2, 0.25) is 5.02 Å². The van der Waals surface area contributed by atoms with Crippen molar-refractivity contribution in [2.45, 2.75) is 0 Å². The van der Waals surface area contributed by atoms with E-state index in [2.05, 4.69) is 11.6 Å². The van der Waals surface area contributed by atoms with Gasteiger partial charge in [-0.3, -0.25) is 10.1 Å². The summed E-state index contributed by atoms with van der Waals surface area (Å²) in [6.07, 6.45) is 1.39. The van der Waals surface area contributed by atoms with Crippen LogP contribution in [-0.4, -0.2) is 22.5 Å². The fourth-order valence-electron chi connectivity index (χ4n) is 2.20. The van der Waals surface area contributed by atoms with Gasteiger partial charge in [-0.25, -0.2) is 9.78 Å². The molecule has 126 valence electrons. The summed E-state index contributed by atoms with van der Waals surface area (Å²) in [5.74, 6) is -0.544. The molecule has 0 N–H and O–H groups in total. The molecule has 25 heavy (non-hydrogen) atoms. The highest BCUT2D eigenvalue weighted by atomic mass is 35.5. The Bertz CT molecular complexity index is 979. The van der Waals surface area contributed by atoms with Gasteiger partial charge in [0.15, 0.2) is 5.58 Å². The highest BCUT2D eigenvalue weighted by Gasteiger charge is 2.22. The first-order valence-corrected chi connectivity index (χ1v) is 7.50. The number of nitro benzene ring substituents is 1. The molecule has 0 radical (unpaired) electrons. The molecule has 2 aromatic carbocycles. The summed E-state index contributed by atoms with van der Waals surface area (Å²) in [6, 6.07) is 9.04. The molecule has 3 aromatic rings. The molecule has 7 nitrogen and oxygen atoms in total. The maximum Gasteiger partial charge on any atom is 0.342 e. The summed E-state index contributed by atoms with van der Waals surface area (Å²) in [7, 11) is 0. The molecule has 0 saturated heterocycles. The van der Waals surface area contributed by atoms with Crippen LogP contribution in [0, 0.1) is 10.1 Å². The first-order chi connectivity index (χ1) is 12.0. The highest BCUT2D eigenvalue weighted by Crippen LogP contribution is 2.31. The average Bonchev–Trinajstić information content (AvgIpc) is 3.03. The monoisotopic (exact) mass is 358 g/mol. The Morgan fingerprint density at radius 3 is 2.72 bits per heavy atom. The van der Waals surface area contributed by atoms with Crippen LogP contribution in [-0.2, 0) is 4.74 Å². The van der Waals surface area contributed by atoms with E-state index in [0.29, 0.717) is 10.6 Å². The van der Waals surface area contributed by atoms with E-state index in [1.807, 2.05) is 0 Å². The van der Waals surface area contributed by atoms with Crippen LogP contribution >= 0.6 is 11.6 Å². The van der Waals surface area contributed by atoms with E-state index in [1.54, 1.807) is 24.3 Å². The van der Waals surface area contributed by atoms with E-state index in [4.69, 9.17) is 20.8 Å². The number of benzene rings is 2. The Morgan fingerprint density at radius 2 is 2.08 bits per heavy atom. The fraction of sp³-hybridized carbons (Fsp3) is 0.0588. The van der Waals surface area contributed by atoms with Crippen molar-refractivity contribution in [2.24, 2.45) is 0 Å². The Morgan fingerprint density at radius 1 is 1.36 bits per heavy atom. The quantitative estimate of drug-likeness (QED) is 0.290. The minimum Gasteiger partial charge on any atom is -0.458 e. The molecular formula is C17H11ClN2O5. The largest absolute Gasteiger partial charge is 0.458 e. The molecule has 0 aliphatic rings. The Balaban J connectivity index is 2.15. The minimum absolute atomic E-state index is 0.0266. The number of halogens is 1. The molecule has 3 rings (SSSR count). The Hall–Kier alpha value is -3.19. The zero-order valence-electron chi connectivity index (χ0n) is 12.8. The van der Waals surface area contributed by atoms with E-state index in [0.717, 1.165) is 6.07 Å². The molecule has 0 aliphatic heterocycles. The molecule has 0 spiro atoms. The second-order valence-electron chi connectivity index (χ2n) is 5.01. The molecule has 0 bridgehead atoms. The van der Waals surface area contributed by atoms with Crippen LogP contribution in [0.3, 0.4) is 0 Å². The molecule has 0 unspecified atom stereocenters. The third-order valence-electron chi connectivity index (χ3n) is 3.33. The molecule has 1 heterocycles. The number of nitro groups is 1. The van der Waals surface area contributed by atoms with Gasteiger partial charge in [-0.1, -0.05) is 24.3 Å². The van der Waals surface area contributed by atoms with Crippen molar-refractivity contribution in [1.82, 2.24) is 4.98 Å². The van der Waals surface area contributed by atoms with Crippen LogP contribution < -0.4 is 0 Å². The normalized spacial score (nSPS) is 10.6. The number of oxazole rings is 1. The molecule has 0 atom stereocenters. The lowest BCUT2D eigenvalue weighted by Gasteiger charge is -2.02. The van der Waals surface area contributed by atoms with Crippen LogP contribution in [0.25, 0.3) is 22.6 Å². The van der Waals surface area contributed by atoms with Crippen molar-refractivity contribution in [3.05, 3.63) is 69.8 Å². The lowest BCUT2D eigenvalue weighted by molar-refractivity contribution is -0.384. The number of fused-ring (bicyclic) bond motifs is 1. The highest BCUT2D eigenvalue weighted by molar-refractivity contribution is 6.30. The molecular weight excluding hydrogens is 348 g/mol. The first-order valence-electron chi connectivity index (χ1n) is 7.12. The number of hydrogen-bond acceptors (Lipinski definition) is 6. The van der Waals surface area contributed by atoms with Gasteiger partial charge in [0.25, 0.3) is 5.69 Å². The zero-order chi connectivity index (χ0) is 18.0. The van der Waals surface area contributed by atoms with E-state index in [1.165, 1.54) is 12.1 Å². The topological polar surface area (TPSA) is 95.5 Å². The Kier molecular flexibility index (Phi) is 4.49. The number of nitrogens with zero attached hydrogens (tertiary/aromatic N) is 2. The van der Waals surface area contributed by atoms with Crippen molar-refractivity contribution in [3.8, 4) is 11.5 Å². The van der Waals surface area contributed by atoms with Gasteiger partial charge in [-0.2, -0.15) is 0 Å². The van der Waals surface area contributed by atoms with E-state index in [-0.39, 0.29) is 34.8 Å². The Labute approximate surface area is 146 Å². The summed E-state index contributed by atoms with van der Waals surface area (Å²) in [4.78, 5) is 26.9. The molecule has 0 saturated carbocycles. The number of rotatable bonds is 5. The molecule has 8 heteroatoms. The molecule has 0 aliphatic carbocycles. The average molecular weight is 359 g/mol. The maximum absolute atomic E-state index is 12.2. The van der Waals surface area contributed by atoms with Gasteiger partial charge in [-0.15, -0.1) is 0 Å². The van der Waals surface area contributed by atoms with Gasteiger partial charge in [0.2, 0.25) is 5.89 Å². The van der Waals surface area contributed by atoms with Gasteiger partial charge < -0.3 is 9.15 Å². The van der Waals surface area contributed by atoms with Gasteiger partial charge in [0, 0.05) is 22.7 Å². The second-order valence-corrected chi connectivity index (χ2v) is 5.45. The predicted molar refractivity (Wildman–Crippen MR) is 91.6 cm³/mol. The smallest absolute Gasteiger partial charge is 0.342 e. The van der Waals surface area contributed by atoms with Crippen LogP contribution in [0.15, 0.2) is 53.5 Å². The van der Waals surface area contributed by atoms with Crippen molar-refractivity contribution in [3.63, 3.8) is 0 Å². The van der Waals surface area contributed by atoms with Crippen molar-refractivity contribution in [2.75, 3.05) is 6.61 Å². The van der Waals surface area contributed by atoms with Gasteiger partial charge in [0.05, 0.1) is 4.92 Å². The number of hydrogen-bond donors (Lipinski definition) is 0. The van der Waals surface area contributed by atoms with Crippen molar-refractivity contribution < 1.29 is 18.9 Å². The van der Waals surface area contributed by atoms with Gasteiger partial charge in [0.1, 0.15) is 17.7 Å². The summed E-state index contributed by atoms with van der Waals surface area (Å²) < 4.78 is 10.6. The molecule has 0 fully saturated rings. The van der Waals surface area contributed by atoms with E-state index in [9.17, 15) is 14.9 Å². The fourth-order valence-corrected chi connectivity index (χ4v) is 2.33. The first kappa shape index (κ1) is 16.7. The lowest BCUT2D eigenvalue weighted by Crippen LogP contribution is -2.06. The van der Waals surface area contributed by atoms with Crippen molar-refractivity contribution >= 4 is 34.4 Å². The number of non-ortho nitro benzene ring substituents is 1. The molecule has 1 aromatic heterocycles. The number of carbonyl (C=O) groups excluding carboxylic acids is 1. The van der Waals surface area contributed by atoms with Crippen LogP contribution in [0.1, 0.15) is 10.4 Å². The maximum atomic E-state index is 12.2. The van der Waals surface area contributed by atoms with E-state index < -0.39 is 10.9 Å². The van der Waals surface area contributed by atoms with Gasteiger partial charge in [-0.05, 0) is 24.3 Å². The summed E-state index contributed by atoms with van der Waals surface area (Å²) >= 11 is 5.85. The summed E-state index contributed by atoms with van der Waals surface area (Å²) in [6.45, 7) is 3.43. The number of carbonyl (C=O) groups is 1. The lowest BCUT2D eigenvalue weighted by atomic mass is 10.1. The number of esters is 1. The third-order valence-corrected chi connectivity index (χ3v) is 3.58. The minimum atomic E-state index is -0.757. The molecule has 0 amide bonds. The predicted octanol–water partition coefficient (Wildman–Crippen LogP) is 4.40. The van der Waals surface area contributed by atoms with Crippen molar-refractivity contribution in [1.29, 1.82) is 0 Å². The summed E-state index contributed by atoms with van der Waals surface area (Å²) in [5, 5.41) is 11.7. The zero-order valence-corrected chi connectivity index (χ0v) is 13.5.